The van der Waals surface area contributed by atoms with Gasteiger partial charge in [0, 0.05) is 49.3 Å². The number of nitro groups is 1. The quantitative estimate of drug-likeness (QED) is 0.535. The van der Waals surface area contributed by atoms with Crippen LogP contribution in [0.15, 0.2) is 18.2 Å². The largest absolute Gasteiger partial charge is 0.351 e. The van der Waals surface area contributed by atoms with Crippen LogP contribution in [0.4, 0.5) is 5.69 Å². The maximum atomic E-state index is 13.0. The number of carbonyl (C=O) groups excluding carboxylic acids is 3. The molecule has 2 heterocycles. The average Bonchev–Trinajstić information content (AvgIpc) is 3.23. The summed E-state index contributed by atoms with van der Waals surface area (Å²) in [5.74, 6) is 0.0391. The minimum absolute atomic E-state index is 0.00947. The Hall–Kier alpha value is -2.97. The Bertz CT molecular complexity index is 892. The van der Waals surface area contributed by atoms with Crippen molar-refractivity contribution in [2.45, 2.75) is 65.0 Å². The van der Waals surface area contributed by atoms with E-state index in [0.29, 0.717) is 62.4 Å². The molecule has 1 unspecified atom stereocenters. The maximum absolute atomic E-state index is 13.0. The van der Waals surface area contributed by atoms with Crippen molar-refractivity contribution in [1.82, 2.24) is 15.1 Å². The Labute approximate surface area is 188 Å². The smallest absolute Gasteiger partial charge is 0.272 e. The number of piperidine rings is 1. The summed E-state index contributed by atoms with van der Waals surface area (Å²) in [4.78, 5) is 52.2. The fourth-order valence-corrected chi connectivity index (χ4v) is 4.49. The van der Waals surface area contributed by atoms with Gasteiger partial charge in [-0.1, -0.05) is 13.8 Å². The summed E-state index contributed by atoms with van der Waals surface area (Å²) < 4.78 is 0. The molecule has 9 nitrogen and oxygen atoms in total. The number of nitrogens with zero attached hydrogens (tertiary/aromatic N) is 3. The number of benzene rings is 1. The number of likely N-dealkylation sites (tertiary alicyclic amines) is 2. The number of hydrogen-bond donors (Lipinski definition) is 1. The first kappa shape index (κ1) is 23.7. The lowest BCUT2D eigenvalue weighted by Crippen LogP contribution is -2.52. The first-order chi connectivity index (χ1) is 15.2. The number of hydrogen-bond acceptors (Lipinski definition) is 5. The van der Waals surface area contributed by atoms with E-state index in [0.717, 1.165) is 6.42 Å². The van der Waals surface area contributed by atoms with E-state index in [9.17, 15) is 24.5 Å². The van der Waals surface area contributed by atoms with Crippen LogP contribution in [0.3, 0.4) is 0 Å². The lowest BCUT2D eigenvalue weighted by Gasteiger charge is -2.34. The van der Waals surface area contributed by atoms with E-state index in [1.807, 2.05) is 18.7 Å². The number of amides is 3. The van der Waals surface area contributed by atoms with Crippen molar-refractivity contribution < 1.29 is 19.3 Å². The fraction of sp³-hybridized carbons (Fsp3) is 0.609. The van der Waals surface area contributed by atoms with E-state index >= 15 is 0 Å². The third kappa shape index (κ3) is 5.44. The van der Waals surface area contributed by atoms with Crippen molar-refractivity contribution in [3.8, 4) is 0 Å². The molecule has 0 aliphatic carbocycles. The predicted octanol–water partition coefficient (Wildman–Crippen LogP) is 2.66. The highest BCUT2D eigenvalue weighted by Gasteiger charge is 2.36. The summed E-state index contributed by atoms with van der Waals surface area (Å²) in [5.41, 5.74) is 0.736. The highest BCUT2D eigenvalue weighted by molar-refractivity contribution is 5.98. The fourth-order valence-electron chi connectivity index (χ4n) is 4.49. The van der Waals surface area contributed by atoms with E-state index in [2.05, 4.69) is 5.32 Å². The average molecular weight is 445 g/mol. The molecule has 0 bridgehead atoms. The van der Waals surface area contributed by atoms with Gasteiger partial charge in [-0.05, 0) is 50.7 Å². The second kappa shape index (κ2) is 10.1. The van der Waals surface area contributed by atoms with Crippen LogP contribution in [0.2, 0.25) is 0 Å². The molecule has 1 N–H and O–H groups in total. The second-order valence-corrected chi connectivity index (χ2v) is 9.18. The first-order valence-electron chi connectivity index (χ1n) is 11.3. The number of aryl methyl sites for hydroxylation is 1. The molecule has 0 saturated carbocycles. The first-order valence-corrected chi connectivity index (χ1v) is 11.3. The molecule has 0 spiro atoms. The van der Waals surface area contributed by atoms with Crippen LogP contribution >= 0.6 is 0 Å². The van der Waals surface area contributed by atoms with E-state index in [-0.39, 0.29) is 29.5 Å². The molecule has 0 radical (unpaired) electrons. The molecule has 1 atom stereocenters. The zero-order valence-electron chi connectivity index (χ0n) is 19.0. The van der Waals surface area contributed by atoms with Crippen molar-refractivity contribution in [2.24, 2.45) is 5.92 Å². The van der Waals surface area contributed by atoms with E-state index in [4.69, 9.17) is 0 Å². The van der Waals surface area contributed by atoms with Gasteiger partial charge in [-0.25, -0.2) is 0 Å². The van der Waals surface area contributed by atoms with Crippen LogP contribution in [0.1, 0.15) is 61.9 Å². The van der Waals surface area contributed by atoms with E-state index in [1.54, 1.807) is 11.8 Å². The summed E-state index contributed by atoms with van der Waals surface area (Å²) in [5, 5.41) is 14.1. The summed E-state index contributed by atoms with van der Waals surface area (Å²) in [6.45, 7) is 7.39. The second-order valence-electron chi connectivity index (χ2n) is 9.18. The van der Waals surface area contributed by atoms with Crippen molar-refractivity contribution in [2.75, 3.05) is 19.6 Å². The zero-order chi connectivity index (χ0) is 23.4. The van der Waals surface area contributed by atoms with Gasteiger partial charge in [0.15, 0.2) is 0 Å². The molecule has 174 valence electrons. The van der Waals surface area contributed by atoms with Crippen LogP contribution in [0.5, 0.6) is 0 Å². The molecule has 2 saturated heterocycles. The number of rotatable bonds is 6. The highest BCUT2D eigenvalue weighted by Crippen LogP contribution is 2.24. The highest BCUT2D eigenvalue weighted by atomic mass is 16.6. The van der Waals surface area contributed by atoms with Gasteiger partial charge in [0.05, 0.1) is 4.92 Å². The van der Waals surface area contributed by atoms with Crippen LogP contribution in [0.25, 0.3) is 0 Å². The SMILES string of the molecule is Cc1cc(C(=O)N2CCCC2C(=O)NC2CCN(C(=O)CC(C)C)CC2)ccc1[N+](=O)[O-]. The van der Waals surface area contributed by atoms with Gasteiger partial charge in [-0.15, -0.1) is 0 Å². The third-order valence-electron chi connectivity index (χ3n) is 6.23. The zero-order valence-corrected chi connectivity index (χ0v) is 19.0. The van der Waals surface area contributed by atoms with Crippen LogP contribution in [-0.2, 0) is 9.59 Å². The van der Waals surface area contributed by atoms with Crippen molar-refractivity contribution >= 4 is 23.4 Å². The van der Waals surface area contributed by atoms with Gasteiger partial charge in [0.2, 0.25) is 11.8 Å². The van der Waals surface area contributed by atoms with Gasteiger partial charge in [0.1, 0.15) is 6.04 Å². The Balaban J connectivity index is 1.58. The standard InChI is InChI=1S/C23H32N4O5/c1-15(2)13-21(28)25-11-8-18(9-12-25)24-22(29)20-5-4-10-26(20)23(30)17-6-7-19(27(31)32)16(3)14-17/h6-7,14-15,18,20H,4-5,8-13H2,1-3H3,(H,24,29). The monoisotopic (exact) mass is 444 g/mol. The number of carbonyl (C=O) groups is 3. The molecule has 1 aromatic carbocycles. The molecule has 3 amide bonds. The molecule has 9 heteroatoms. The minimum atomic E-state index is -0.543. The van der Waals surface area contributed by atoms with Gasteiger partial charge in [-0.2, -0.15) is 0 Å². The predicted molar refractivity (Wildman–Crippen MR) is 119 cm³/mol. The molecule has 0 aromatic heterocycles. The Kier molecular flexibility index (Phi) is 7.48. The summed E-state index contributed by atoms with van der Waals surface area (Å²) in [7, 11) is 0. The third-order valence-corrected chi connectivity index (χ3v) is 6.23. The van der Waals surface area contributed by atoms with Crippen LogP contribution in [-0.4, -0.2) is 64.2 Å². The van der Waals surface area contributed by atoms with Crippen molar-refractivity contribution in [3.63, 3.8) is 0 Å². The molecular formula is C23H32N4O5. The lowest BCUT2D eigenvalue weighted by atomic mass is 10.0. The Morgan fingerprint density at radius 2 is 1.84 bits per heavy atom. The molecule has 1 aromatic rings. The van der Waals surface area contributed by atoms with E-state index < -0.39 is 11.0 Å². The Morgan fingerprint density at radius 3 is 2.44 bits per heavy atom. The number of nitrogens with one attached hydrogen (secondary N) is 1. The number of nitro benzene ring substituents is 1. The van der Waals surface area contributed by atoms with Crippen molar-refractivity contribution in [1.29, 1.82) is 0 Å². The summed E-state index contributed by atoms with van der Waals surface area (Å²) in [6.07, 6.45) is 3.28. The van der Waals surface area contributed by atoms with E-state index in [1.165, 1.54) is 18.2 Å². The Morgan fingerprint density at radius 1 is 1.16 bits per heavy atom. The van der Waals surface area contributed by atoms with Gasteiger partial charge in [-0.3, -0.25) is 24.5 Å². The molecule has 3 rings (SSSR count). The molecule has 2 aliphatic heterocycles. The summed E-state index contributed by atoms with van der Waals surface area (Å²) >= 11 is 0. The topological polar surface area (TPSA) is 113 Å². The van der Waals surface area contributed by atoms with Crippen LogP contribution < -0.4 is 5.32 Å². The minimum Gasteiger partial charge on any atom is -0.351 e. The molecule has 2 aliphatic rings. The molecule has 32 heavy (non-hydrogen) atoms. The van der Waals surface area contributed by atoms with Crippen molar-refractivity contribution in [3.05, 3.63) is 39.4 Å². The molecular weight excluding hydrogens is 412 g/mol. The lowest BCUT2D eigenvalue weighted by molar-refractivity contribution is -0.385. The van der Waals surface area contributed by atoms with Crippen LogP contribution in [0, 0.1) is 23.0 Å². The molecule has 2 fully saturated rings. The van der Waals surface area contributed by atoms with Gasteiger partial charge < -0.3 is 15.1 Å². The summed E-state index contributed by atoms with van der Waals surface area (Å²) in [6, 6.07) is 3.74. The van der Waals surface area contributed by atoms with Gasteiger partial charge in [0.25, 0.3) is 11.6 Å². The van der Waals surface area contributed by atoms with Gasteiger partial charge >= 0.3 is 0 Å². The maximum Gasteiger partial charge on any atom is 0.272 e. The normalized spacial score (nSPS) is 19.3.